The molecular formula is C15H25N3. The van der Waals surface area contributed by atoms with Gasteiger partial charge in [-0.3, -0.25) is 0 Å². The average molecular weight is 247 g/mol. The number of anilines is 1. The number of nitrogens with two attached hydrogens (primary N) is 1. The van der Waals surface area contributed by atoms with Crippen molar-refractivity contribution in [3.8, 4) is 0 Å². The van der Waals surface area contributed by atoms with E-state index < -0.39 is 0 Å². The molecule has 0 bridgehead atoms. The summed E-state index contributed by atoms with van der Waals surface area (Å²) < 4.78 is 0. The lowest BCUT2D eigenvalue weighted by Crippen LogP contribution is -2.39. The van der Waals surface area contributed by atoms with Crippen molar-refractivity contribution in [2.45, 2.75) is 51.6 Å². The number of rotatable bonds is 3. The van der Waals surface area contributed by atoms with E-state index in [9.17, 15) is 0 Å². The molecule has 2 rings (SSSR count). The molecule has 0 aromatic carbocycles. The van der Waals surface area contributed by atoms with Crippen LogP contribution in [0.5, 0.6) is 0 Å². The van der Waals surface area contributed by atoms with Crippen molar-refractivity contribution in [3.05, 3.63) is 23.9 Å². The first-order valence-corrected chi connectivity index (χ1v) is 7.04. The predicted molar refractivity (Wildman–Crippen MR) is 76.7 cm³/mol. The first-order valence-electron chi connectivity index (χ1n) is 7.04. The van der Waals surface area contributed by atoms with E-state index in [1.54, 1.807) is 0 Å². The topological polar surface area (TPSA) is 42.1 Å². The molecule has 2 unspecified atom stereocenters. The number of hydrogen-bond donors (Lipinski definition) is 1. The molecule has 3 atom stereocenters. The molecule has 3 heteroatoms. The summed E-state index contributed by atoms with van der Waals surface area (Å²) in [5.74, 6) is 1.81. The highest BCUT2D eigenvalue weighted by Crippen LogP contribution is 2.30. The summed E-state index contributed by atoms with van der Waals surface area (Å²) in [5, 5.41) is 0. The molecule has 100 valence electrons. The monoisotopic (exact) mass is 247 g/mol. The SMILES string of the molecule is CC1CCCCC1N(C)c1cc([C@H](C)N)ccn1. The molecule has 1 heterocycles. The minimum absolute atomic E-state index is 0.0731. The van der Waals surface area contributed by atoms with Gasteiger partial charge in [-0.05, 0) is 43.4 Å². The van der Waals surface area contributed by atoms with E-state index in [1.807, 2.05) is 19.2 Å². The maximum absolute atomic E-state index is 5.94. The maximum Gasteiger partial charge on any atom is 0.128 e. The number of pyridine rings is 1. The van der Waals surface area contributed by atoms with Crippen LogP contribution in [0.15, 0.2) is 18.3 Å². The lowest BCUT2D eigenvalue weighted by atomic mass is 9.85. The van der Waals surface area contributed by atoms with Crippen LogP contribution >= 0.6 is 0 Å². The van der Waals surface area contributed by atoms with Crippen molar-refractivity contribution in [2.24, 2.45) is 11.7 Å². The van der Waals surface area contributed by atoms with Gasteiger partial charge in [-0.1, -0.05) is 19.8 Å². The highest BCUT2D eigenvalue weighted by Gasteiger charge is 2.25. The zero-order chi connectivity index (χ0) is 13.1. The Bertz CT molecular complexity index is 389. The van der Waals surface area contributed by atoms with Crippen LogP contribution in [0.3, 0.4) is 0 Å². The molecule has 0 amide bonds. The smallest absolute Gasteiger partial charge is 0.128 e. The van der Waals surface area contributed by atoms with Gasteiger partial charge in [0.2, 0.25) is 0 Å². The fourth-order valence-electron chi connectivity index (χ4n) is 2.95. The molecule has 2 N–H and O–H groups in total. The summed E-state index contributed by atoms with van der Waals surface area (Å²) in [6.07, 6.45) is 7.20. The molecule has 1 saturated carbocycles. The van der Waals surface area contributed by atoms with Gasteiger partial charge in [-0.2, -0.15) is 0 Å². The summed E-state index contributed by atoms with van der Waals surface area (Å²) in [6, 6.07) is 4.83. The number of aromatic nitrogens is 1. The summed E-state index contributed by atoms with van der Waals surface area (Å²) >= 11 is 0. The molecule has 0 radical (unpaired) electrons. The normalized spacial score (nSPS) is 25.8. The van der Waals surface area contributed by atoms with E-state index in [4.69, 9.17) is 5.73 Å². The lowest BCUT2D eigenvalue weighted by molar-refractivity contribution is 0.320. The van der Waals surface area contributed by atoms with Crippen LogP contribution in [0.4, 0.5) is 5.82 Å². The fraction of sp³-hybridized carbons (Fsp3) is 0.667. The molecule has 1 aliphatic carbocycles. The van der Waals surface area contributed by atoms with Crippen LogP contribution in [0.1, 0.15) is 51.1 Å². The third-order valence-corrected chi connectivity index (χ3v) is 4.22. The summed E-state index contributed by atoms with van der Waals surface area (Å²) in [6.45, 7) is 4.37. The highest BCUT2D eigenvalue weighted by molar-refractivity contribution is 5.42. The van der Waals surface area contributed by atoms with E-state index in [-0.39, 0.29) is 6.04 Å². The second-order valence-corrected chi connectivity index (χ2v) is 5.68. The van der Waals surface area contributed by atoms with Crippen molar-refractivity contribution in [2.75, 3.05) is 11.9 Å². The van der Waals surface area contributed by atoms with Gasteiger partial charge in [0.05, 0.1) is 0 Å². The van der Waals surface area contributed by atoms with Crippen LogP contribution in [-0.4, -0.2) is 18.1 Å². The Kier molecular flexibility index (Phi) is 4.23. The van der Waals surface area contributed by atoms with E-state index in [0.717, 1.165) is 17.3 Å². The van der Waals surface area contributed by atoms with Gasteiger partial charge in [0.1, 0.15) is 5.82 Å². The van der Waals surface area contributed by atoms with Crippen molar-refractivity contribution < 1.29 is 0 Å². The zero-order valence-corrected chi connectivity index (χ0v) is 11.8. The summed E-state index contributed by atoms with van der Waals surface area (Å²) in [4.78, 5) is 6.84. The molecule has 1 fully saturated rings. The molecule has 0 spiro atoms. The maximum atomic E-state index is 5.94. The highest BCUT2D eigenvalue weighted by atomic mass is 15.2. The second kappa shape index (κ2) is 5.70. The Hall–Kier alpha value is -1.09. The Morgan fingerprint density at radius 1 is 1.39 bits per heavy atom. The number of nitrogens with zero attached hydrogens (tertiary/aromatic N) is 2. The minimum atomic E-state index is 0.0731. The largest absolute Gasteiger partial charge is 0.356 e. The lowest BCUT2D eigenvalue weighted by Gasteiger charge is -2.37. The van der Waals surface area contributed by atoms with E-state index >= 15 is 0 Å². The van der Waals surface area contributed by atoms with Gasteiger partial charge < -0.3 is 10.6 Å². The van der Waals surface area contributed by atoms with Gasteiger partial charge in [0, 0.05) is 25.3 Å². The van der Waals surface area contributed by atoms with E-state index in [0.29, 0.717) is 6.04 Å². The third kappa shape index (κ3) is 2.83. The van der Waals surface area contributed by atoms with E-state index in [2.05, 4.69) is 29.9 Å². The summed E-state index contributed by atoms with van der Waals surface area (Å²) in [5.41, 5.74) is 7.10. The Labute approximate surface area is 110 Å². The zero-order valence-electron chi connectivity index (χ0n) is 11.8. The van der Waals surface area contributed by atoms with Gasteiger partial charge in [0.25, 0.3) is 0 Å². The first-order chi connectivity index (χ1) is 8.59. The second-order valence-electron chi connectivity index (χ2n) is 5.68. The molecule has 0 saturated heterocycles. The third-order valence-electron chi connectivity index (χ3n) is 4.22. The van der Waals surface area contributed by atoms with Crippen LogP contribution in [0, 0.1) is 5.92 Å². The van der Waals surface area contributed by atoms with Crippen molar-refractivity contribution in [1.29, 1.82) is 0 Å². The average Bonchev–Trinajstić information content (AvgIpc) is 2.38. The quantitative estimate of drug-likeness (QED) is 0.892. The molecule has 3 nitrogen and oxygen atoms in total. The number of hydrogen-bond acceptors (Lipinski definition) is 3. The summed E-state index contributed by atoms with van der Waals surface area (Å²) in [7, 11) is 2.17. The first kappa shape index (κ1) is 13.3. The molecule has 18 heavy (non-hydrogen) atoms. The van der Waals surface area contributed by atoms with Gasteiger partial charge >= 0.3 is 0 Å². The Morgan fingerprint density at radius 3 is 2.78 bits per heavy atom. The van der Waals surface area contributed by atoms with Gasteiger partial charge in [-0.25, -0.2) is 4.98 Å². The fourth-order valence-corrected chi connectivity index (χ4v) is 2.95. The van der Waals surface area contributed by atoms with Crippen LogP contribution in [0.25, 0.3) is 0 Å². The molecule has 0 aliphatic heterocycles. The van der Waals surface area contributed by atoms with Crippen molar-refractivity contribution in [1.82, 2.24) is 4.98 Å². The van der Waals surface area contributed by atoms with Crippen molar-refractivity contribution in [3.63, 3.8) is 0 Å². The molecule has 1 aliphatic rings. The Morgan fingerprint density at radius 2 is 2.11 bits per heavy atom. The van der Waals surface area contributed by atoms with Crippen molar-refractivity contribution >= 4 is 5.82 Å². The van der Waals surface area contributed by atoms with E-state index in [1.165, 1.54) is 25.7 Å². The molecular weight excluding hydrogens is 222 g/mol. The predicted octanol–water partition coefficient (Wildman–Crippen LogP) is 3.12. The molecule has 1 aromatic rings. The minimum Gasteiger partial charge on any atom is -0.356 e. The Balaban J connectivity index is 2.16. The van der Waals surface area contributed by atoms with Gasteiger partial charge in [0.15, 0.2) is 0 Å². The van der Waals surface area contributed by atoms with Crippen LogP contribution in [0.2, 0.25) is 0 Å². The van der Waals surface area contributed by atoms with Crippen LogP contribution in [-0.2, 0) is 0 Å². The standard InChI is InChI=1S/C15H25N3/c1-11-6-4-5-7-14(11)18(3)15-10-13(12(2)16)8-9-17-15/h8-12,14H,4-7,16H2,1-3H3/t11?,12-,14?/m0/s1. The van der Waals surface area contributed by atoms with Gasteiger partial charge in [-0.15, -0.1) is 0 Å². The molecule has 1 aromatic heterocycles. The van der Waals surface area contributed by atoms with Crippen LogP contribution < -0.4 is 10.6 Å².